The van der Waals surface area contributed by atoms with Gasteiger partial charge in [-0.05, 0) is 61.7 Å². The van der Waals surface area contributed by atoms with Crippen molar-refractivity contribution >= 4 is 43.5 Å². The lowest BCUT2D eigenvalue weighted by Gasteiger charge is -2.09. The molecule has 0 N–H and O–H groups in total. The molecule has 2 rings (SSSR count). The van der Waals surface area contributed by atoms with Crippen LogP contribution < -0.4 is 4.74 Å². The maximum Gasteiger partial charge on any atom is 0.149 e. The summed E-state index contributed by atoms with van der Waals surface area (Å²) in [6.45, 7) is 0.144. The van der Waals surface area contributed by atoms with E-state index in [1.807, 2.05) is 6.07 Å². The molecule has 0 bridgehead atoms. The van der Waals surface area contributed by atoms with Gasteiger partial charge in [0.25, 0.3) is 0 Å². The van der Waals surface area contributed by atoms with Crippen molar-refractivity contribution in [1.82, 2.24) is 0 Å². The maximum absolute atomic E-state index is 13.8. The molecule has 2 nitrogen and oxygen atoms in total. The van der Waals surface area contributed by atoms with Crippen LogP contribution in [0.3, 0.4) is 0 Å². The summed E-state index contributed by atoms with van der Waals surface area (Å²) in [5, 5.41) is 9.32. The molecule has 2 aromatic carbocycles. The molecule has 0 aliphatic carbocycles. The van der Waals surface area contributed by atoms with E-state index in [-0.39, 0.29) is 17.7 Å². The van der Waals surface area contributed by atoms with Crippen molar-refractivity contribution in [2.24, 2.45) is 0 Å². The molecule has 0 amide bonds. The number of nitrogens with zero attached hydrogens (tertiary/aromatic N) is 1. The molecule has 0 aliphatic heterocycles. The molecule has 0 aliphatic rings. The molecule has 114 valence electrons. The molecule has 0 atom stereocenters. The van der Waals surface area contributed by atoms with E-state index in [0.717, 1.165) is 5.56 Å². The lowest BCUT2D eigenvalue weighted by Crippen LogP contribution is -1.96. The summed E-state index contributed by atoms with van der Waals surface area (Å²) < 4.78 is 20.6. The molecule has 2 aromatic rings. The van der Waals surface area contributed by atoms with Crippen LogP contribution in [-0.4, -0.2) is 6.61 Å². The Bertz CT molecular complexity index is 824. The fraction of sp³-hybridized carbons (Fsp3) is 0.0556. The number of allylic oxidation sites excluding steroid dienone is 1. The Morgan fingerprint density at radius 2 is 1.91 bits per heavy atom. The molecule has 0 fully saturated rings. The number of nitriles is 1. The first-order valence-electron chi connectivity index (χ1n) is 6.48. The van der Waals surface area contributed by atoms with Crippen molar-refractivity contribution in [3.63, 3.8) is 0 Å². The van der Waals surface area contributed by atoms with E-state index in [1.54, 1.807) is 36.4 Å². The van der Waals surface area contributed by atoms with E-state index in [9.17, 15) is 9.65 Å². The maximum atomic E-state index is 13.8. The summed E-state index contributed by atoms with van der Waals surface area (Å²) in [4.78, 5) is 0. The summed E-state index contributed by atoms with van der Waals surface area (Å²) in [6.07, 6.45) is 6.79. The molecule has 0 heterocycles. The predicted molar refractivity (Wildman–Crippen MR) is 96.1 cm³/mol. The first kappa shape index (κ1) is 17.3. The predicted octanol–water partition coefficient (Wildman–Crippen LogP) is 5.43. The highest BCUT2D eigenvalue weighted by atomic mass is 79.9. The second-order valence-corrected chi connectivity index (χ2v) is 6.16. The zero-order valence-electron chi connectivity index (χ0n) is 11.8. The van der Waals surface area contributed by atoms with Crippen molar-refractivity contribution in [3.05, 3.63) is 62.3 Å². The molecule has 5 heteroatoms. The van der Waals surface area contributed by atoms with Crippen molar-refractivity contribution < 1.29 is 9.13 Å². The third-order valence-corrected chi connectivity index (χ3v) is 4.09. The highest BCUT2D eigenvalue weighted by Gasteiger charge is 2.11. The molecule has 0 aromatic heterocycles. The van der Waals surface area contributed by atoms with Crippen molar-refractivity contribution in [2.75, 3.05) is 6.61 Å². The third-order valence-electron chi connectivity index (χ3n) is 2.92. The van der Waals surface area contributed by atoms with Crippen LogP contribution in [0.15, 0.2) is 45.3 Å². The molecule has 0 unspecified atom stereocenters. The van der Waals surface area contributed by atoms with Crippen LogP contribution in [0.1, 0.15) is 11.1 Å². The van der Waals surface area contributed by atoms with Gasteiger partial charge in [-0.3, -0.25) is 0 Å². The summed E-state index contributed by atoms with van der Waals surface area (Å²) in [6, 6.07) is 11.7. The first-order valence-corrected chi connectivity index (χ1v) is 8.07. The van der Waals surface area contributed by atoms with Crippen LogP contribution in [0, 0.1) is 29.5 Å². The van der Waals surface area contributed by atoms with Gasteiger partial charge in [0.15, 0.2) is 0 Å². The zero-order valence-corrected chi connectivity index (χ0v) is 15.0. The molecule has 0 radical (unpaired) electrons. The van der Waals surface area contributed by atoms with E-state index < -0.39 is 5.82 Å². The number of hydrogen-bond acceptors (Lipinski definition) is 2. The summed E-state index contributed by atoms with van der Waals surface area (Å²) in [5.41, 5.74) is 1.21. The second kappa shape index (κ2) is 7.97. The van der Waals surface area contributed by atoms with Crippen molar-refractivity contribution in [1.29, 1.82) is 5.26 Å². The number of ether oxygens (including phenoxy) is 1. The fourth-order valence-corrected chi connectivity index (χ4v) is 3.38. The van der Waals surface area contributed by atoms with Crippen LogP contribution in [0.4, 0.5) is 4.39 Å². The number of terminal acetylenes is 1. The smallest absolute Gasteiger partial charge is 0.149 e. The Morgan fingerprint density at radius 1 is 1.26 bits per heavy atom. The van der Waals surface area contributed by atoms with Crippen LogP contribution in [0.25, 0.3) is 11.6 Å². The van der Waals surface area contributed by atoms with Gasteiger partial charge in [0.2, 0.25) is 0 Å². The topological polar surface area (TPSA) is 33.0 Å². The van der Waals surface area contributed by atoms with Gasteiger partial charge in [0, 0.05) is 5.56 Å². The van der Waals surface area contributed by atoms with E-state index in [1.165, 1.54) is 6.07 Å². The highest BCUT2D eigenvalue weighted by Crippen LogP contribution is 2.36. The Morgan fingerprint density at radius 3 is 2.48 bits per heavy atom. The highest BCUT2D eigenvalue weighted by molar-refractivity contribution is 9.11. The quantitative estimate of drug-likeness (QED) is 0.365. The Kier molecular flexibility index (Phi) is 5.98. The van der Waals surface area contributed by atoms with Gasteiger partial charge >= 0.3 is 0 Å². The van der Waals surface area contributed by atoms with Crippen LogP contribution >= 0.6 is 31.9 Å². The number of halogens is 3. The van der Waals surface area contributed by atoms with Crippen molar-refractivity contribution in [3.8, 4) is 24.2 Å². The number of hydrogen-bond donors (Lipinski definition) is 0. The normalized spacial score (nSPS) is 10.7. The summed E-state index contributed by atoms with van der Waals surface area (Å²) in [7, 11) is 0. The van der Waals surface area contributed by atoms with Gasteiger partial charge in [0.05, 0.1) is 20.6 Å². The molecular weight excluding hydrogens is 425 g/mol. The lowest BCUT2D eigenvalue weighted by atomic mass is 10.0. The van der Waals surface area contributed by atoms with Gasteiger partial charge in [-0.2, -0.15) is 5.26 Å². The standard InChI is InChI=1S/C18H10Br2FNO/c1-2-7-23-18-15(19)9-12(10-16(18)20)8-13(11-22)14-5-3-4-6-17(14)21/h1,3-6,8-10H,7H2. The summed E-state index contributed by atoms with van der Waals surface area (Å²) in [5.74, 6) is 2.53. The second-order valence-electron chi connectivity index (χ2n) is 4.46. The number of benzene rings is 2. The minimum Gasteiger partial charge on any atom is -0.479 e. The van der Waals surface area contributed by atoms with Gasteiger partial charge in [-0.15, -0.1) is 6.42 Å². The van der Waals surface area contributed by atoms with Gasteiger partial charge < -0.3 is 4.74 Å². The molecule has 23 heavy (non-hydrogen) atoms. The Balaban J connectivity index is 2.44. The monoisotopic (exact) mass is 433 g/mol. The third kappa shape index (κ3) is 4.22. The molecule has 0 saturated carbocycles. The molecule has 0 spiro atoms. The van der Waals surface area contributed by atoms with E-state index >= 15 is 0 Å². The zero-order chi connectivity index (χ0) is 16.8. The van der Waals surface area contributed by atoms with Crippen LogP contribution in [-0.2, 0) is 0 Å². The van der Waals surface area contributed by atoms with Gasteiger partial charge in [-0.25, -0.2) is 4.39 Å². The van der Waals surface area contributed by atoms with Gasteiger partial charge in [0.1, 0.15) is 18.2 Å². The fourth-order valence-electron chi connectivity index (χ4n) is 1.93. The Labute approximate surface area is 150 Å². The van der Waals surface area contributed by atoms with Crippen LogP contribution in [0.5, 0.6) is 5.75 Å². The average Bonchev–Trinajstić information content (AvgIpc) is 2.53. The van der Waals surface area contributed by atoms with Crippen LogP contribution in [0.2, 0.25) is 0 Å². The Hall–Kier alpha value is -2.08. The number of rotatable bonds is 4. The summed E-state index contributed by atoms with van der Waals surface area (Å²) >= 11 is 6.80. The minimum atomic E-state index is -0.438. The van der Waals surface area contributed by atoms with Gasteiger partial charge in [-0.1, -0.05) is 24.1 Å². The molecule has 0 saturated heterocycles. The van der Waals surface area contributed by atoms with E-state index in [2.05, 4.69) is 37.8 Å². The van der Waals surface area contributed by atoms with E-state index in [0.29, 0.717) is 14.7 Å². The van der Waals surface area contributed by atoms with E-state index in [4.69, 9.17) is 11.2 Å². The average molecular weight is 435 g/mol. The van der Waals surface area contributed by atoms with Crippen molar-refractivity contribution in [2.45, 2.75) is 0 Å². The first-order chi connectivity index (χ1) is 11.1. The molecular formula is C18H10Br2FNO. The minimum absolute atomic E-state index is 0.144. The SMILES string of the molecule is C#CCOc1c(Br)cc(C=C(C#N)c2ccccc2F)cc1Br. The lowest BCUT2D eigenvalue weighted by molar-refractivity contribution is 0.365. The largest absolute Gasteiger partial charge is 0.479 e.